The molecule has 0 aliphatic carbocycles. The molecule has 3 heteroatoms. The van der Waals surface area contributed by atoms with Gasteiger partial charge in [0.2, 0.25) is 0 Å². The summed E-state index contributed by atoms with van der Waals surface area (Å²) in [5, 5.41) is 19.3. The first-order chi connectivity index (χ1) is 11.2. The van der Waals surface area contributed by atoms with Crippen LogP contribution in [-0.2, 0) is 6.42 Å². The molecule has 0 fully saturated rings. The van der Waals surface area contributed by atoms with E-state index in [0.717, 1.165) is 49.8 Å². The van der Waals surface area contributed by atoms with Gasteiger partial charge in [0.05, 0.1) is 13.2 Å². The maximum atomic E-state index is 9.66. The topological polar surface area (TPSA) is 49.7 Å². The fraction of sp³-hybridized carbons (Fsp3) is 0.700. The van der Waals surface area contributed by atoms with Crippen LogP contribution >= 0.6 is 0 Å². The predicted octanol–water partition coefficient (Wildman–Crippen LogP) is 5.23. The molecule has 0 aromatic heterocycles. The van der Waals surface area contributed by atoms with Crippen molar-refractivity contribution < 1.29 is 14.9 Å². The zero-order chi connectivity index (χ0) is 16.9. The average molecular weight is 322 g/mol. The Morgan fingerprint density at radius 2 is 1.57 bits per heavy atom. The number of benzene rings is 1. The van der Waals surface area contributed by atoms with Gasteiger partial charge in [0.1, 0.15) is 11.5 Å². The molecule has 3 nitrogen and oxygen atoms in total. The van der Waals surface area contributed by atoms with Crippen LogP contribution in [0.1, 0.15) is 76.7 Å². The quantitative estimate of drug-likeness (QED) is 0.489. The number of aliphatic hydroxyl groups excluding tert-OH is 1. The van der Waals surface area contributed by atoms with Crippen molar-refractivity contribution in [2.75, 3.05) is 7.11 Å². The first kappa shape index (κ1) is 19.8. The maximum Gasteiger partial charge on any atom is 0.122 e. The van der Waals surface area contributed by atoms with Crippen molar-refractivity contribution in [3.63, 3.8) is 0 Å². The summed E-state index contributed by atoms with van der Waals surface area (Å²) < 4.78 is 5.17. The minimum atomic E-state index is -0.0840. The first-order valence-electron chi connectivity index (χ1n) is 9.20. The van der Waals surface area contributed by atoms with Gasteiger partial charge in [-0.15, -0.1) is 0 Å². The van der Waals surface area contributed by atoms with Crippen LogP contribution in [-0.4, -0.2) is 23.4 Å². The highest BCUT2D eigenvalue weighted by atomic mass is 16.5. The van der Waals surface area contributed by atoms with Crippen LogP contribution in [0, 0.1) is 0 Å². The zero-order valence-corrected chi connectivity index (χ0v) is 14.9. The van der Waals surface area contributed by atoms with Gasteiger partial charge >= 0.3 is 0 Å². The SMILES string of the molecule is CCC[C@@H](O)CCCCCCCCCc1cc(O)cc(OC)c1. The molecule has 1 aromatic rings. The number of hydrogen-bond donors (Lipinski definition) is 2. The molecule has 1 atom stereocenters. The number of aromatic hydroxyl groups is 1. The van der Waals surface area contributed by atoms with Gasteiger partial charge in [-0.3, -0.25) is 0 Å². The number of aliphatic hydroxyl groups is 1. The van der Waals surface area contributed by atoms with Crippen LogP contribution in [0.15, 0.2) is 18.2 Å². The molecule has 0 heterocycles. The fourth-order valence-electron chi connectivity index (χ4n) is 2.98. The molecule has 2 N–H and O–H groups in total. The minimum Gasteiger partial charge on any atom is -0.508 e. The van der Waals surface area contributed by atoms with E-state index in [-0.39, 0.29) is 11.9 Å². The van der Waals surface area contributed by atoms with Crippen LogP contribution in [0.4, 0.5) is 0 Å². The van der Waals surface area contributed by atoms with Crippen LogP contribution in [0.25, 0.3) is 0 Å². The molecule has 23 heavy (non-hydrogen) atoms. The number of aryl methyl sites for hydroxylation is 1. The molecule has 0 bridgehead atoms. The van der Waals surface area contributed by atoms with Gasteiger partial charge in [-0.05, 0) is 43.4 Å². The molecule has 0 unspecified atom stereocenters. The molecule has 0 saturated heterocycles. The Morgan fingerprint density at radius 3 is 2.22 bits per heavy atom. The lowest BCUT2D eigenvalue weighted by atomic mass is 10.0. The van der Waals surface area contributed by atoms with Gasteiger partial charge in [-0.2, -0.15) is 0 Å². The highest BCUT2D eigenvalue weighted by Crippen LogP contribution is 2.23. The van der Waals surface area contributed by atoms with E-state index in [4.69, 9.17) is 4.74 Å². The van der Waals surface area contributed by atoms with Crippen molar-refractivity contribution in [2.45, 2.75) is 83.7 Å². The van der Waals surface area contributed by atoms with E-state index in [0.29, 0.717) is 0 Å². The third-order valence-electron chi connectivity index (χ3n) is 4.31. The van der Waals surface area contributed by atoms with E-state index in [9.17, 15) is 10.2 Å². The molecular weight excluding hydrogens is 288 g/mol. The number of hydrogen-bond acceptors (Lipinski definition) is 3. The van der Waals surface area contributed by atoms with Crippen molar-refractivity contribution in [3.05, 3.63) is 23.8 Å². The normalized spacial score (nSPS) is 12.3. The van der Waals surface area contributed by atoms with Crippen LogP contribution in [0.2, 0.25) is 0 Å². The van der Waals surface area contributed by atoms with Crippen LogP contribution in [0.5, 0.6) is 11.5 Å². The molecular formula is C20H34O3. The Labute approximate surface area is 141 Å². The molecule has 0 radical (unpaired) electrons. The van der Waals surface area contributed by atoms with Gasteiger partial charge < -0.3 is 14.9 Å². The number of rotatable bonds is 13. The Hall–Kier alpha value is -1.22. The van der Waals surface area contributed by atoms with E-state index in [2.05, 4.69) is 6.92 Å². The number of methoxy groups -OCH3 is 1. The smallest absolute Gasteiger partial charge is 0.122 e. The number of ether oxygens (including phenoxy) is 1. The maximum absolute atomic E-state index is 9.66. The molecule has 1 aromatic carbocycles. The monoisotopic (exact) mass is 322 g/mol. The largest absolute Gasteiger partial charge is 0.508 e. The van der Waals surface area contributed by atoms with E-state index < -0.39 is 0 Å². The zero-order valence-electron chi connectivity index (χ0n) is 14.9. The summed E-state index contributed by atoms with van der Waals surface area (Å²) in [5.41, 5.74) is 1.15. The molecule has 0 spiro atoms. The fourth-order valence-corrected chi connectivity index (χ4v) is 2.98. The summed E-state index contributed by atoms with van der Waals surface area (Å²) in [6.45, 7) is 2.12. The summed E-state index contributed by atoms with van der Waals surface area (Å²) in [4.78, 5) is 0. The summed E-state index contributed by atoms with van der Waals surface area (Å²) in [7, 11) is 1.62. The van der Waals surface area contributed by atoms with Gasteiger partial charge in [0.15, 0.2) is 0 Å². The van der Waals surface area contributed by atoms with Gasteiger partial charge in [0.25, 0.3) is 0 Å². The minimum absolute atomic E-state index is 0.0840. The van der Waals surface area contributed by atoms with Crippen LogP contribution < -0.4 is 4.74 Å². The third kappa shape index (κ3) is 9.50. The average Bonchev–Trinajstić information content (AvgIpc) is 2.53. The second-order valence-corrected chi connectivity index (χ2v) is 6.50. The van der Waals surface area contributed by atoms with Crippen molar-refractivity contribution in [3.8, 4) is 11.5 Å². The van der Waals surface area contributed by atoms with Gasteiger partial charge in [-0.25, -0.2) is 0 Å². The van der Waals surface area contributed by atoms with E-state index >= 15 is 0 Å². The van der Waals surface area contributed by atoms with Crippen molar-refractivity contribution in [2.24, 2.45) is 0 Å². The van der Waals surface area contributed by atoms with Gasteiger partial charge in [0, 0.05) is 6.07 Å². The molecule has 0 aliphatic heterocycles. The number of unbranched alkanes of at least 4 members (excludes halogenated alkanes) is 6. The van der Waals surface area contributed by atoms with Crippen molar-refractivity contribution >= 4 is 0 Å². The first-order valence-corrected chi connectivity index (χ1v) is 9.20. The Balaban J connectivity index is 2.00. The highest BCUT2D eigenvalue weighted by Gasteiger charge is 2.02. The molecule has 1 rings (SSSR count). The molecule has 0 amide bonds. The molecule has 132 valence electrons. The Morgan fingerprint density at radius 1 is 0.913 bits per heavy atom. The van der Waals surface area contributed by atoms with E-state index in [1.54, 1.807) is 13.2 Å². The van der Waals surface area contributed by atoms with Crippen LogP contribution in [0.3, 0.4) is 0 Å². The summed E-state index contributed by atoms with van der Waals surface area (Å²) in [5.74, 6) is 1.01. The lowest BCUT2D eigenvalue weighted by Crippen LogP contribution is -2.04. The Bertz CT molecular complexity index is 417. The lowest BCUT2D eigenvalue weighted by molar-refractivity contribution is 0.150. The van der Waals surface area contributed by atoms with Crippen molar-refractivity contribution in [1.29, 1.82) is 0 Å². The molecule has 0 aliphatic rings. The van der Waals surface area contributed by atoms with E-state index in [1.807, 2.05) is 12.1 Å². The summed E-state index contributed by atoms with van der Waals surface area (Å²) in [6, 6.07) is 5.46. The summed E-state index contributed by atoms with van der Waals surface area (Å²) >= 11 is 0. The van der Waals surface area contributed by atoms with Gasteiger partial charge in [-0.1, -0.05) is 51.9 Å². The number of phenols is 1. The van der Waals surface area contributed by atoms with Crippen molar-refractivity contribution in [1.82, 2.24) is 0 Å². The third-order valence-corrected chi connectivity index (χ3v) is 4.31. The summed E-state index contributed by atoms with van der Waals surface area (Å²) in [6.07, 6.45) is 12.5. The standard InChI is InChI=1S/C20H34O3/c1-3-11-18(21)13-10-8-6-4-5-7-9-12-17-14-19(22)16-20(15-17)23-2/h14-16,18,21-22H,3-13H2,1-2H3/t18-/m1/s1. The highest BCUT2D eigenvalue weighted by molar-refractivity contribution is 5.37. The second-order valence-electron chi connectivity index (χ2n) is 6.50. The van der Waals surface area contributed by atoms with E-state index in [1.165, 1.54) is 32.1 Å². The lowest BCUT2D eigenvalue weighted by Gasteiger charge is -2.08. The Kier molecular flexibility index (Phi) is 10.5. The molecule has 0 saturated carbocycles. The number of phenolic OH excluding ortho intramolecular Hbond substituents is 1. The predicted molar refractivity (Wildman–Crippen MR) is 96.2 cm³/mol. The second kappa shape index (κ2) is 12.2.